The number of guanidine groups is 1. The molecule has 6 fully saturated rings. The van der Waals surface area contributed by atoms with Gasteiger partial charge in [-0.15, -0.1) is 0 Å². The van der Waals surface area contributed by atoms with E-state index < -0.39 is 225 Å². The Morgan fingerprint density at radius 1 is 0.564 bits per heavy atom. The maximum atomic E-state index is 14.8. The number of nitrogens with two attached hydrogens (primary N) is 3. The summed E-state index contributed by atoms with van der Waals surface area (Å²) in [6.07, 6.45) is -12.8. The standard InChI is InChI=1S/C61H101N17O23/c1-27(49(62)88)68-52(91)37-16-11-21-77(37)58(97)38-17-12-22-78(38)56(95)29(3)70-54(93)42(30(4)98-60-44(72-32(6)83)48(46(86)40(26-81)100-60)101-59-43(71-31(5)82)47(87)45(85)39(25-80)99-59)74-50(89)34(24-79)73-41(84)23-67-51(90)35-14-9-19-75(35)55(94)28(2)69-53(92)36-15-10-20-76(36)57(96)33(65-7)13-8-18-66-61(63)64/h27-30,33-40,42-48,59-60,65,79-81,85-87H,8-26H2,1-7H3,(H2,62,88)(H,67,90)(H,68,91)(H,69,92)(H,70,93)(H,71,82)(H,72,83)(H,73,84)(H,74,89)(H4,63,64,66)/t27?,28?,29?,30?,33?,34?,35?,36?,37?,38?,39?,40?,42?,43-,44-,45+,46-,47?,48?,59-,60-/m0/s1. The van der Waals surface area contributed by atoms with Crippen LogP contribution in [0.1, 0.15) is 106 Å². The highest BCUT2D eigenvalue weighted by Crippen LogP contribution is 2.32. The Morgan fingerprint density at radius 3 is 1.60 bits per heavy atom. The molecule has 21 atom stereocenters. The van der Waals surface area contributed by atoms with E-state index >= 15 is 0 Å². The molecule has 0 saturated carbocycles. The first-order valence-corrected chi connectivity index (χ1v) is 33.8. The van der Waals surface area contributed by atoms with Crippen molar-refractivity contribution in [3.8, 4) is 0 Å². The van der Waals surface area contributed by atoms with Crippen molar-refractivity contribution >= 4 is 82.8 Å². The van der Waals surface area contributed by atoms with Crippen LogP contribution in [0.25, 0.3) is 0 Å². The molecule has 40 nitrogen and oxygen atoms in total. The predicted octanol–water partition coefficient (Wildman–Crippen LogP) is -11.0. The van der Waals surface area contributed by atoms with Gasteiger partial charge in [-0.1, -0.05) is 0 Å². The third-order valence-electron chi connectivity index (χ3n) is 18.6. The van der Waals surface area contributed by atoms with Gasteiger partial charge in [-0.05, 0) is 99.0 Å². The molecule has 0 aromatic rings. The predicted molar refractivity (Wildman–Crippen MR) is 348 cm³/mol. The second-order valence-electron chi connectivity index (χ2n) is 26.0. The number of carbonyl (C=O) groups excluding carboxylic acids is 13. The van der Waals surface area contributed by atoms with Crippen LogP contribution < -0.4 is 65.1 Å². The number of amides is 13. The Labute approximate surface area is 582 Å². The van der Waals surface area contributed by atoms with E-state index in [9.17, 15) is 93.0 Å². The normalized spacial score (nSPS) is 28.6. The van der Waals surface area contributed by atoms with Crippen LogP contribution in [0.4, 0.5) is 0 Å². The van der Waals surface area contributed by atoms with Gasteiger partial charge in [-0.2, -0.15) is 0 Å². The Balaban J connectivity index is 1.18. The third-order valence-corrected chi connectivity index (χ3v) is 18.6. The first kappa shape index (κ1) is 81.9. The van der Waals surface area contributed by atoms with E-state index in [2.05, 4.69) is 52.8 Å². The third kappa shape index (κ3) is 21.1. The van der Waals surface area contributed by atoms with E-state index in [1.807, 2.05) is 0 Å². The minimum Gasteiger partial charge on any atom is -0.394 e. The topological polar surface area (TPSA) is 592 Å². The molecule has 0 aromatic carbocycles. The first-order chi connectivity index (χ1) is 47.8. The summed E-state index contributed by atoms with van der Waals surface area (Å²) in [5.41, 5.74) is 16.2. The SMILES string of the molecule is CNC(CCCN=C(N)N)C(=O)N1CCCC1C(=O)NC(C)C(=O)N1CCCC1C(=O)NCC(=O)NC(CO)C(=O)NC(C(=O)NC(C)C(=O)N1CCCC1C(=O)N1CCCC1C(=O)NC(C)C(N)=O)C(C)O[C@H]1OC(CO)[C@H](O)C(O[C@@H]2OC(CO)[C@@H](O)C(O)[C@@H]2NC(C)=O)[C@@H]1NC(C)=O. The number of nitrogens with one attached hydrogen (secondary N) is 9. The van der Waals surface area contributed by atoms with Crippen LogP contribution in [0.2, 0.25) is 0 Å². The molecule has 0 radical (unpaired) electrons. The number of hydrogen-bond acceptors (Lipinski definition) is 25. The minimum absolute atomic E-state index is 0.0180. The van der Waals surface area contributed by atoms with E-state index in [0.717, 1.165) is 13.8 Å². The lowest BCUT2D eigenvalue weighted by molar-refractivity contribution is -0.332. The Kier molecular flexibility index (Phi) is 30.6. The zero-order chi connectivity index (χ0) is 74.9. The van der Waals surface area contributed by atoms with Gasteiger partial charge >= 0.3 is 0 Å². The number of likely N-dealkylation sites (tertiary alicyclic amines) is 4. The van der Waals surface area contributed by atoms with Gasteiger partial charge in [-0.25, -0.2) is 0 Å². The molecule has 6 aliphatic heterocycles. The Morgan fingerprint density at radius 2 is 1.06 bits per heavy atom. The lowest BCUT2D eigenvalue weighted by Crippen LogP contribution is -2.70. The van der Waals surface area contributed by atoms with Gasteiger partial charge in [0.05, 0.1) is 38.5 Å². The molecule has 0 aliphatic carbocycles. The van der Waals surface area contributed by atoms with Crippen molar-refractivity contribution in [3.05, 3.63) is 0 Å². The molecule has 15 unspecified atom stereocenters. The number of primary amides is 1. The highest BCUT2D eigenvalue weighted by Gasteiger charge is 2.54. The number of ether oxygens (including phenoxy) is 4. The van der Waals surface area contributed by atoms with Crippen molar-refractivity contribution in [1.82, 2.24) is 67.5 Å². The molecule has 0 aromatic heterocycles. The van der Waals surface area contributed by atoms with Crippen LogP contribution in [-0.2, 0) is 81.3 Å². The van der Waals surface area contributed by atoms with Crippen molar-refractivity contribution in [1.29, 1.82) is 0 Å². The molecule has 0 spiro atoms. The van der Waals surface area contributed by atoms with E-state index in [0.29, 0.717) is 58.0 Å². The number of nitrogens with zero attached hydrogens (tertiary/aromatic N) is 5. The van der Waals surface area contributed by atoms with Gasteiger partial charge in [0.25, 0.3) is 0 Å². The molecule has 6 rings (SSSR count). The Bertz CT molecular complexity index is 3010. The van der Waals surface area contributed by atoms with Crippen molar-refractivity contribution in [2.45, 2.75) is 234 Å². The average molecular weight is 1440 g/mol. The quantitative estimate of drug-likeness (QED) is 0.0169. The summed E-state index contributed by atoms with van der Waals surface area (Å²) in [5.74, 6) is -10.4. The molecule has 568 valence electrons. The van der Waals surface area contributed by atoms with Gasteiger partial charge in [-0.3, -0.25) is 67.3 Å². The van der Waals surface area contributed by atoms with Gasteiger partial charge in [0.2, 0.25) is 76.8 Å². The second kappa shape index (κ2) is 37.7. The van der Waals surface area contributed by atoms with Gasteiger partial charge in [0.1, 0.15) is 103 Å². The fourth-order valence-corrected chi connectivity index (χ4v) is 13.2. The van der Waals surface area contributed by atoms with Crippen LogP contribution in [0.3, 0.4) is 0 Å². The van der Waals surface area contributed by atoms with Crippen LogP contribution in [-0.4, -0.2) is 327 Å². The molecule has 6 aliphatic rings. The van der Waals surface area contributed by atoms with Crippen molar-refractivity contribution in [2.75, 3.05) is 66.1 Å². The number of rotatable bonds is 32. The maximum Gasteiger partial charge on any atom is 0.246 e. The average Bonchev–Trinajstić information content (AvgIpc) is 1.57. The zero-order valence-corrected chi connectivity index (χ0v) is 57.7. The molecule has 0 bridgehead atoms. The first-order valence-electron chi connectivity index (χ1n) is 33.8. The Hall–Kier alpha value is -8.06. The van der Waals surface area contributed by atoms with Crippen LogP contribution in [0.15, 0.2) is 4.99 Å². The number of hydrogen-bond donors (Lipinski definition) is 18. The fourth-order valence-electron chi connectivity index (χ4n) is 13.2. The summed E-state index contributed by atoms with van der Waals surface area (Å²) in [5, 5.41) is 87.2. The van der Waals surface area contributed by atoms with Crippen LogP contribution in [0.5, 0.6) is 0 Å². The van der Waals surface area contributed by atoms with Gasteiger partial charge < -0.3 is 134 Å². The van der Waals surface area contributed by atoms with Crippen molar-refractivity contribution in [2.24, 2.45) is 22.2 Å². The summed E-state index contributed by atoms with van der Waals surface area (Å²) in [7, 11) is 1.61. The maximum absolute atomic E-state index is 14.8. The van der Waals surface area contributed by atoms with Crippen LogP contribution >= 0.6 is 0 Å². The monoisotopic (exact) mass is 1440 g/mol. The van der Waals surface area contributed by atoms with Crippen LogP contribution in [0, 0.1) is 0 Å². The summed E-state index contributed by atoms with van der Waals surface area (Å²) in [6, 6.07) is -15.8. The number of aliphatic hydroxyl groups is 6. The fraction of sp³-hybridized carbons (Fsp3) is 0.770. The van der Waals surface area contributed by atoms with E-state index in [-0.39, 0.29) is 50.8 Å². The minimum atomic E-state index is -2.03. The second-order valence-corrected chi connectivity index (χ2v) is 26.0. The number of aliphatic imine (C=N–C) groups is 1. The molecule has 6 saturated heterocycles. The van der Waals surface area contributed by atoms with E-state index in [4.69, 9.17) is 36.1 Å². The lowest BCUT2D eigenvalue weighted by atomic mass is 9.94. The number of carbonyl (C=O) groups is 13. The summed E-state index contributed by atoms with van der Waals surface area (Å²) >= 11 is 0. The largest absolute Gasteiger partial charge is 0.394 e. The molecular weight excluding hydrogens is 1340 g/mol. The van der Waals surface area contributed by atoms with E-state index in [1.54, 1.807) is 7.05 Å². The number of aliphatic hydroxyl groups excluding tert-OH is 6. The zero-order valence-electron chi connectivity index (χ0n) is 57.7. The van der Waals surface area contributed by atoms with Gasteiger partial charge in [0.15, 0.2) is 18.5 Å². The summed E-state index contributed by atoms with van der Waals surface area (Å²) in [6.45, 7) is 4.29. The van der Waals surface area contributed by atoms with Gasteiger partial charge in [0, 0.05) is 46.6 Å². The highest BCUT2D eigenvalue weighted by atomic mass is 16.7. The molecule has 101 heavy (non-hydrogen) atoms. The molecule has 6 heterocycles. The lowest BCUT2D eigenvalue weighted by Gasteiger charge is -2.48. The van der Waals surface area contributed by atoms with Crippen molar-refractivity contribution < 1.29 is 112 Å². The van der Waals surface area contributed by atoms with Crippen molar-refractivity contribution in [3.63, 3.8) is 0 Å². The summed E-state index contributed by atoms with van der Waals surface area (Å²) in [4.78, 5) is 186. The molecule has 13 amide bonds. The molecule has 40 heteroatoms. The smallest absolute Gasteiger partial charge is 0.246 e. The summed E-state index contributed by atoms with van der Waals surface area (Å²) < 4.78 is 24.1. The molecule has 21 N–H and O–H groups in total. The highest BCUT2D eigenvalue weighted by molar-refractivity contribution is 5.99. The molecular formula is C61H101N17O23. The number of likely N-dealkylation sites (N-methyl/N-ethyl adjacent to an activating group) is 1. The van der Waals surface area contributed by atoms with E-state index in [1.165, 1.54) is 47.3 Å².